The van der Waals surface area contributed by atoms with Crippen LogP contribution < -0.4 is 4.90 Å². The van der Waals surface area contributed by atoms with E-state index < -0.39 is 5.54 Å². The van der Waals surface area contributed by atoms with Gasteiger partial charge in [0.25, 0.3) is 0 Å². The van der Waals surface area contributed by atoms with E-state index in [2.05, 4.69) is 11.8 Å². The van der Waals surface area contributed by atoms with Crippen molar-refractivity contribution in [2.75, 3.05) is 38.3 Å². The number of para-hydroxylation sites is 1. The summed E-state index contributed by atoms with van der Waals surface area (Å²) in [6.07, 6.45) is 1.19. The quantitative estimate of drug-likeness (QED) is 0.619. The fraction of sp³-hybridized carbons (Fsp3) is 0.440. The molecule has 1 saturated heterocycles. The highest BCUT2D eigenvalue weighted by Crippen LogP contribution is 2.38. The van der Waals surface area contributed by atoms with E-state index in [9.17, 15) is 9.59 Å². The van der Waals surface area contributed by atoms with Crippen molar-refractivity contribution >= 4 is 17.4 Å². The van der Waals surface area contributed by atoms with Gasteiger partial charge in [-0.1, -0.05) is 62.4 Å². The van der Waals surface area contributed by atoms with Crippen LogP contribution in [-0.2, 0) is 9.53 Å². The summed E-state index contributed by atoms with van der Waals surface area (Å²) in [6, 6.07) is 19.3. The number of carbonyl (C=O) groups excluding carboxylic acids is 2. The largest absolute Gasteiger partial charge is 0.382 e. The topological polar surface area (TPSA) is 49.9 Å². The van der Waals surface area contributed by atoms with Crippen LogP contribution in [0.5, 0.6) is 0 Å². The molecule has 1 amide bonds. The number of benzene rings is 2. The summed E-state index contributed by atoms with van der Waals surface area (Å²) in [6.45, 7) is 6.41. The SMILES string of the molecule is CCC(=O)N(c1ccccc1)[C@@]1(COC)CCN(CC(=O)c2ccccc2)C[C@H]1C. The van der Waals surface area contributed by atoms with Gasteiger partial charge >= 0.3 is 0 Å². The number of methoxy groups -OCH3 is 1. The van der Waals surface area contributed by atoms with Crippen molar-refractivity contribution in [2.45, 2.75) is 32.2 Å². The summed E-state index contributed by atoms with van der Waals surface area (Å²) < 4.78 is 5.66. The van der Waals surface area contributed by atoms with Gasteiger partial charge in [0, 0.05) is 37.9 Å². The minimum Gasteiger partial charge on any atom is -0.382 e. The Kier molecular flexibility index (Phi) is 7.40. The lowest BCUT2D eigenvalue weighted by Gasteiger charge is -2.52. The predicted octanol–water partition coefficient (Wildman–Crippen LogP) is 4.04. The molecule has 0 aromatic heterocycles. The molecule has 160 valence electrons. The minimum absolute atomic E-state index is 0.0962. The van der Waals surface area contributed by atoms with Crippen molar-refractivity contribution in [1.82, 2.24) is 4.90 Å². The maximum Gasteiger partial charge on any atom is 0.227 e. The van der Waals surface area contributed by atoms with Crippen LogP contribution in [0.2, 0.25) is 0 Å². The van der Waals surface area contributed by atoms with Gasteiger partial charge in [-0.25, -0.2) is 0 Å². The molecule has 0 N–H and O–H groups in total. The van der Waals surface area contributed by atoms with Gasteiger partial charge in [-0.15, -0.1) is 0 Å². The van der Waals surface area contributed by atoms with Gasteiger partial charge in [0.15, 0.2) is 5.78 Å². The first kappa shape index (κ1) is 22.2. The molecule has 1 aliphatic heterocycles. The Hall–Kier alpha value is -2.50. The fourth-order valence-electron chi connectivity index (χ4n) is 4.55. The molecule has 0 spiro atoms. The number of ketones is 1. The molecule has 5 nitrogen and oxygen atoms in total. The van der Waals surface area contributed by atoms with Gasteiger partial charge < -0.3 is 9.64 Å². The van der Waals surface area contributed by atoms with Gasteiger partial charge in [-0.05, 0) is 24.5 Å². The van der Waals surface area contributed by atoms with Gasteiger partial charge in [0.2, 0.25) is 5.91 Å². The maximum atomic E-state index is 13.1. The molecular formula is C25H32N2O3. The van der Waals surface area contributed by atoms with E-state index >= 15 is 0 Å². The van der Waals surface area contributed by atoms with Crippen molar-refractivity contribution in [3.05, 3.63) is 66.2 Å². The average molecular weight is 409 g/mol. The van der Waals surface area contributed by atoms with E-state index in [4.69, 9.17) is 4.74 Å². The molecular weight excluding hydrogens is 376 g/mol. The number of piperidine rings is 1. The van der Waals surface area contributed by atoms with E-state index in [-0.39, 0.29) is 17.6 Å². The molecule has 0 unspecified atom stereocenters. The third-order valence-corrected chi connectivity index (χ3v) is 6.18. The number of rotatable bonds is 8. The fourth-order valence-corrected chi connectivity index (χ4v) is 4.55. The second-order valence-corrected chi connectivity index (χ2v) is 8.13. The lowest BCUT2D eigenvalue weighted by molar-refractivity contribution is -0.121. The highest BCUT2D eigenvalue weighted by atomic mass is 16.5. The number of ether oxygens (including phenoxy) is 1. The highest BCUT2D eigenvalue weighted by molar-refractivity contribution is 5.97. The van der Waals surface area contributed by atoms with Crippen molar-refractivity contribution < 1.29 is 14.3 Å². The molecule has 1 fully saturated rings. The van der Waals surface area contributed by atoms with Crippen LogP contribution in [0.15, 0.2) is 60.7 Å². The van der Waals surface area contributed by atoms with E-state index in [1.165, 1.54) is 0 Å². The monoisotopic (exact) mass is 408 g/mol. The van der Waals surface area contributed by atoms with Gasteiger partial charge in [-0.2, -0.15) is 0 Å². The van der Waals surface area contributed by atoms with E-state index in [1.54, 1.807) is 7.11 Å². The van der Waals surface area contributed by atoms with E-state index in [0.29, 0.717) is 19.6 Å². The first-order chi connectivity index (χ1) is 14.5. The molecule has 2 atom stereocenters. The smallest absolute Gasteiger partial charge is 0.227 e. The number of nitrogens with zero attached hydrogens (tertiary/aromatic N) is 2. The van der Waals surface area contributed by atoms with Crippen LogP contribution in [0, 0.1) is 5.92 Å². The van der Waals surface area contributed by atoms with Crippen LogP contribution in [0.1, 0.15) is 37.0 Å². The van der Waals surface area contributed by atoms with Crippen molar-refractivity contribution in [1.29, 1.82) is 0 Å². The number of hydrogen-bond donors (Lipinski definition) is 0. The molecule has 2 aromatic rings. The molecule has 3 rings (SSSR count). The highest BCUT2D eigenvalue weighted by Gasteiger charge is 2.47. The molecule has 5 heteroatoms. The standard InChI is InChI=1S/C25H32N2O3/c1-4-24(29)27(22-13-9-6-10-14-22)25(19-30-3)15-16-26(17-20(25)2)18-23(28)21-11-7-5-8-12-21/h5-14,20H,4,15-19H2,1-3H3/t20-,25-/m1/s1. The normalized spacial score (nSPS) is 21.9. The van der Waals surface area contributed by atoms with Crippen LogP contribution in [0.4, 0.5) is 5.69 Å². The second-order valence-electron chi connectivity index (χ2n) is 8.13. The first-order valence-corrected chi connectivity index (χ1v) is 10.7. The average Bonchev–Trinajstić information content (AvgIpc) is 2.77. The summed E-state index contributed by atoms with van der Waals surface area (Å²) in [7, 11) is 1.69. The van der Waals surface area contributed by atoms with Crippen LogP contribution >= 0.6 is 0 Å². The molecule has 1 aliphatic rings. The third-order valence-electron chi connectivity index (χ3n) is 6.18. The lowest BCUT2D eigenvalue weighted by Crippen LogP contribution is -2.65. The van der Waals surface area contributed by atoms with Crippen LogP contribution in [0.3, 0.4) is 0 Å². The Labute approximate surface area is 179 Å². The molecule has 30 heavy (non-hydrogen) atoms. The van der Waals surface area contributed by atoms with Crippen LogP contribution in [-0.4, -0.2) is 55.5 Å². The first-order valence-electron chi connectivity index (χ1n) is 10.7. The van der Waals surface area contributed by atoms with E-state index in [0.717, 1.165) is 30.8 Å². The maximum absolute atomic E-state index is 13.1. The Morgan fingerprint density at radius 1 is 1.10 bits per heavy atom. The number of anilines is 1. The number of carbonyl (C=O) groups is 2. The minimum atomic E-state index is -0.435. The molecule has 0 aliphatic carbocycles. The molecule has 0 saturated carbocycles. The third kappa shape index (κ3) is 4.63. The molecule has 1 heterocycles. The lowest BCUT2D eigenvalue weighted by atomic mass is 9.77. The summed E-state index contributed by atoms with van der Waals surface area (Å²) in [5, 5.41) is 0. The zero-order valence-electron chi connectivity index (χ0n) is 18.2. The Balaban J connectivity index is 1.83. The Morgan fingerprint density at radius 3 is 2.30 bits per heavy atom. The summed E-state index contributed by atoms with van der Waals surface area (Å²) in [5.41, 5.74) is 1.21. The van der Waals surface area contributed by atoms with Gasteiger partial charge in [0.1, 0.15) is 0 Å². The summed E-state index contributed by atoms with van der Waals surface area (Å²) >= 11 is 0. The zero-order chi connectivity index (χ0) is 21.6. The van der Waals surface area contributed by atoms with Crippen molar-refractivity contribution in [2.24, 2.45) is 5.92 Å². The molecule has 0 bridgehead atoms. The van der Waals surface area contributed by atoms with Gasteiger partial charge in [-0.3, -0.25) is 14.5 Å². The Bertz CT molecular complexity index is 840. The molecule has 2 aromatic carbocycles. The molecule has 0 radical (unpaired) electrons. The summed E-state index contributed by atoms with van der Waals surface area (Å²) in [4.78, 5) is 29.9. The Morgan fingerprint density at radius 2 is 1.73 bits per heavy atom. The predicted molar refractivity (Wildman–Crippen MR) is 120 cm³/mol. The second kappa shape index (κ2) is 10.0. The van der Waals surface area contributed by atoms with Gasteiger partial charge in [0.05, 0.1) is 18.7 Å². The number of Topliss-reactive ketones (excluding diaryl/α,β-unsaturated/α-hetero) is 1. The zero-order valence-corrected chi connectivity index (χ0v) is 18.2. The van der Waals surface area contributed by atoms with Crippen molar-refractivity contribution in [3.8, 4) is 0 Å². The van der Waals surface area contributed by atoms with E-state index in [1.807, 2.05) is 72.5 Å². The number of hydrogen-bond acceptors (Lipinski definition) is 4. The number of amides is 1. The summed E-state index contributed by atoms with van der Waals surface area (Å²) in [5.74, 6) is 0.371. The van der Waals surface area contributed by atoms with Crippen LogP contribution in [0.25, 0.3) is 0 Å². The number of likely N-dealkylation sites (tertiary alicyclic amines) is 1. The van der Waals surface area contributed by atoms with Crippen molar-refractivity contribution in [3.63, 3.8) is 0 Å².